The first-order valence-electron chi connectivity index (χ1n) is 7.59. The zero-order valence-corrected chi connectivity index (χ0v) is 12.7. The molecule has 0 aliphatic rings. The molecule has 0 bridgehead atoms. The first-order chi connectivity index (χ1) is 9.80. The van der Waals surface area contributed by atoms with Crippen LogP contribution in [0.5, 0.6) is 5.75 Å². The molecular formula is C17H24N2O. The second kappa shape index (κ2) is 7.13. The fourth-order valence-electron chi connectivity index (χ4n) is 2.34. The minimum absolute atomic E-state index is 0.662. The molecule has 0 aliphatic heterocycles. The molecule has 0 atom stereocenters. The van der Waals surface area contributed by atoms with E-state index >= 15 is 0 Å². The van der Waals surface area contributed by atoms with Crippen LogP contribution < -0.4 is 10.1 Å². The minimum atomic E-state index is 0.662. The van der Waals surface area contributed by atoms with Crippen molar-refractivity contribution in [2.24, 2.45) is 0 Å². The van der Waals surface area contributed by atoms with Gasteiger partial charge in [0.15, 0.2) is 0 Å². The predicted molar refractivity (Wildman–Crippen MR) is 85.7 cm³/mol. The maximum Gasteiger partial charge on any atom is 0.145 e. The van der Waals surface area contributed by atoms with E-state index in [0.29, 0.717) is 6.61 Å². The van der Waals surface area contributed by atoms with Crippen LogP contribution in [0.2, 0.25) is 0 Å². The standard InChI is InChI=1S/C17H24N2O/c1-4-8-14-12-13-9-7-10-15(20-6-3)16(13)19-17(14)18-11-5-2/h7,9-10,12H,4-6,8,11H2,1-3H3,(H,18,19). The highest BCUT2D eigenvalue weighted by Gasteiger charge is 2.09. The third kappa shape index (κ3) is 3.21. The van der Waals surface area contributed by atoms with Gasteiger partial charge in [0, 0.05) is 11.9 Å². The lowest BCUT2D eigenvalue weighted by atomic mass is 10.1. The summed E-state index contributed by atoms with van der Waals surface area (Å²) in [6, 6.07) is 8.37. The SMILES string of the molecule is CCCNc1nc2c(OCC)cccc2cc1CCC. The maximum atomic E-state index is 5.69. The fraction of sp³-hybridized carbons (Fsp3) is 0.471. The van der Waals surface area contributed by atoms with Gasteiger partial charge in [-0.3, -0.25) is 0 Å². The van der Waals surface area contributed by atoms with Gasteiger partial charge in [-0.05, 0) is 37.5 Å². The largest absolute Gasteiger partial charge is 0.492 e. The van der Waals surface area contributed by atoms with Crippen molar-refractivity contribution < 1.29 is 4.74 Å². The van der Waals surface area contributed by atoms with Crippen LogP contribution in [0, 0.1) is 0 Å². The van der Waals surface area contributed by atoms with Gasteiger partial charge in [0.1, 0.15) is 17.1 Å². The second-order valence-corrected chi connectivity index (χ2v) is 4.93. The monoisotopic (exact) mass is 272 g/mol. The van der Waals surface area contributed by atoms with Gasteiger partial charge in [-0.15, -0.1) is 0 Å². The fourth-order valence-corrected chi connectivity index (χ4v) is 2.34. The highest BCUT2D eigenvalue weighted by Crippen LogP contribution is 2.28. The first kappa shape index (κ1) is 14.6. The number of hydrogen-bond donors (Lipinski definition) is 1. The van der Waals surface area contributed by atoms with Crippen LogP contribution in [-0.2, 0) is 6.42 Å². The number of nitrogens with one attached hydrogen (secondary N) is 1. The van der Waals surface area contributed by atoms with Gasteiger partial charge in [0.25, 0.3) is 0 Å². The van der Waals surface area contributed by atoms with Crippen LogP contribution in [0.25, 0.3) is 10.9 Å². The average molecular weight is 272 g/mol. The summed E-state index contributed by atoms with van der Waals surface area (Å²) < 4.78 is 5.69. The molecule has 1 aromatic heterocycles. The van der Waals surface area contributed by atoms with Crippen LogP contribution in [0.1, 0.15) is 39.2 Å². The number of nitrogens with zero attached hydrogens (tertiary/aromatic N) is 1. The molecule has 0 unspecified atom stereocenters. The van der Waals surface area contributed by atoms with E-state index in [1.165, 1.54) is 5.56 Å². The van der Waals surface area contributed by atoms with Crippen molar-refractivity contribution in [3.05, 3.63) is 29.8 Å². The number of rotatable bonds is 7. The summed E-state index contributed by atoms with van der Waals surface area (Å²) in [5.74, 6) is 1.88. The third-order valence-corrected chi connectivity index (χ3v) is 3.25. The van der Waals surface area contributed by atoms with E-state index < -0.39 is 0 Å². The van der Waals surface area contributed by atoms with Crippen LogP contribution >= 0.6 is 0 Å². The maximum absolute atomic E-state index is 5.69. The molecule has 108 valence electrons. The Labute approximate surface area is 121 Å². The number of ether oxygens (including phenoxy) is 1. The predicted octanol–water partition coefficient (Wildman–Crippen LogP) is 4.41. The quantitative estimate of drug-likeness (QED) is 0.810. The number of hydrogen-bond acceptors (Lipinski definition) is 3. The number of aromatic nitrogens is 1. The van der Waals surface area contributed by atoms with E-state index in [0.717, 1.165) is 48.3 Å². The molecule has 1 aromatic carbocycles. The molecule has 0 spiro atoms. The average Bonchev–Trinajstić information content (AvgIpc) is 2.46. The Hall–Kier alpha value is -1.77. The summed E-state index contributed by atoms with van der Waals surface area (Å²) >= 11 is 0. The Morgan fingerprint density at radius 2 is 2.00 bits per heavy atom. The lowest BCUT2D eigenvalue weighted by molar-refractivity contribution is 0.343. The normalized spacial score (nSPS) is 10.8. The lowest BCUT2D eigenvalue weighted by Gasteiger charge is -2.13. The molecule has 0 aliphatic carbocycles. The van der Waals surface area contributed by atoms with Crippen molar-refractivity contribution in [2.45, 2.75) is 40.0 Å². The Kier molecular flexibility index (Phi) is 5.22. The minimum Gasteiger partial charge on any atom is -0.492 e. The van der Waals surface area contributed by atoms with Crippen LogP contribution in [0.4, 0.5) is 5.82 Å². The Morgan fingerprint density at radius 3 is 2.70 bits per heavy atom. The van der Waals surface area contributed by atoms with Crippen LogP contribution in [-0.4, -0.2) is 18.1 Å². The first-order valence-corrected chi connectivity index (χ1v) is 7.59. The summed E-state index contributed by atoms with van der Waals surface area (Å²) in [5.41, 5.74) is 2.25. The molecule has 0 saturated carbocycles. The molecule has 3 nitrogen and oxygen atoms in total. The summed E-state index contributed by atoms with van der Waals surface area (Å²) in [7, 11) is 0. The van der Waals surface area contributed by atoms with Crippen molar-refractivity contribution in [1.29, 1.82) is 0 Å². The number of pyridine rings is 1. The highest BCUT2D eigenvalue weighted by atomic mass is 16.5. The van der Waals surface area contributed by atoms with Gasteiger partial charge in [-0.25, -0.2) is 4.98 Å². The molecule has 20 heavy (non-hydrogen) atoms. The zero-order chi connectivity index (χ0) is 14.4. The van der Waals surface area contributed by atoms with E-state index in [9.17, 15) is 0 Å². The Bertz CT molecular complexity index is 566. The van der Waals surface area contributed by atoms with Gasteiger partial charge < -0.3 is 10.1 Å². The summed E-state index contributed by atoms with van der Waals surface area (Å²) in [6.45, 7) is 7.98. The van der Waals surface area contributed by atoms with Crippen molar-refractivity contribution in [3.8, 4) is 5.75 Å². The third-order valence-electron chi connectivity index (χ3n) is 3.25. The summed E-state index contributed by atoms with van der Waals surface area (Å²) in [4.78, 5) is 4.81. The molecule has 2 aromatic rings. The van der Waals surface area contributed by atoms with Gasteiger partial charge in [0.2, 0.25) is 0 Å². The number of anilines is 1. The zero-order valence-electron chi connectivity index (χ0n) is 12.7. The summed E-state index contributed by atoms with van der Waals surface area (Å²) in [6.07, 6.45) is 3.27. The van der Waals surface area contributed by atoms with Gasteiger partial charge >= 0.3 is 0 Å². The smallest absolute Gasteiger partial charge is 0.145 e. The number of aryl methyl sites for hydroxylation is 1. The molecule has 0 amide bonds. The summed E-state index contributed by atoms with van der Waals surface area (Å²) in [5, 5.41) is 4.60. The molecule has 0 radical (unpaired) electrons. The molecule has 0 saturated heterocycles. The van der Waals surface area contributed by atoms with Gasteiger partial charge in [-0.1, -0.05) is 32.4 Å². The topological polar surface area (TPSA) is 34.2 Å². The highest BCUT2D eigenvalue weighted by molar-refractivity contribution is 5.87. The van der Waals surface area contributed by atoms with Crippen molar-refractivity contribution in [2.75, 3.05) is 18.5 Å². The van der Waals surface area contributed by atoms with E-state index in [2.05, 4.69) is 31.3 Å². The van der Waals surface area contributed by atoms with E-state index in [-0.39, 0.29) is 0 Å². The molecule has 1 N–H and O–H groups in total. The van der Waals surface area contributed by atoms with E-state index in [1.807, 2.05) is 19.1 Å². The number of benzene rings is 1. The van der Waals surface area contributed by atoms with E-state index in [4.69, 9.17) is 9.72 Å². The molecule has 1 heterocycles. The second-order valence-electron chi connectivity index (χ2n) is 4.93. The number of para-hydroxylation sites is 1. The molecule has 2 rings (SSSR count). The van der Waals surface area contributed by atoms with Crippen LogP contribution in [0.15, 0.2) is 24.3 Å². The van der Waals surface area contributed by atoms with Gasteiger partial charge in [0.05, 0.1) is 6.61 Å². The van der Waals surface area contributed by atoms with Crippen LogP contribution in [0.3, 0.4) is 0 Å². The number of fused-ring (bicyclic) bond motifs is 1. The Balaban J connectivity index is 2.49. The molecule has 0 fully saturated rings. The molecular weight excluding hydrogens is 248 g/mol. The van der Waals surface area contributed by atoms with Crippen molar-refractivity contribution in [1.82, 2.24) is 4.98 Å². The van der Waals surface area contributed by atoms with Crippen molar-refractivity contribution >= 4 is 16.7 Å². The van der Waals surface area contributed by atoms with Gasteiger partial charge in [-0.2, -0.15) is 0 Å². The molecule has 3 heteroatoms. The van der Waals surface area contributed by atoms with E-state index in [1.54, 1.807) is 0 Å². The lowest BCUT2D eigenvalue weighted by Crippen LogP contribution is -2.06. The van der Waals surface area contributed by atoms with Crippen molar-refractivity contribution in [3.63, 3.8) is 0 Å². The Morgan fingerprint density at radius 1 is 1.15 bits per heavy atom.